The first kappa shape index (κ1) is 16.4. The van der Waals surface area contributed by atoms with Crippen LogP contribution in [0, 0.1) is 5.92 Å². The lowest BCUT2D eigenvalue weighted by Gasteiger charge is -2.33. The maximum absolute atomic E-state index is 11.0. The summed E-state index contributed by atoms with van der Waals surface area (Å²) in [6, 6.07) is 1.47. The highest BCUT2D eigenvalue weighted by atomic mass is 35.5. The Kier molecular flexibility index (Phi) is 4.37. The number of hydrogen-bond acceptors (Lipinski definition) is 4. The largest absolute Gasteiger partial charge is 0.478 e. The van der Waals surface area contributed by atoms with Crippen molar-refractivity contribution in [1.82, 2.24) is 14.5 Å². The van der Waals surface area contributed by atoms with Gasteiger partial charge in [0.2, 0.25) is 0 Å². The van der Waals surface area contributed by atoms with Crippen molar-refractivity contribution in [3.05, 3.63) is 41.1 Å². The molecule has 132 valence electrons. The first-order chi connectivity index (χ1) is 12.1. The van der Waals surface area contributed by atoms with Gasteiger partial charge in [0.1, 0.15) is 11.6 Å². The van der Waals surface area contributed by atoms with Gasteiger partial charge in [-0.3, -0.25) is 0 Å². The van der Waals surface area contributed by atoms with Gasteiger partial charge in [-0.25, -0.2) is 14.8 Å². The van der Waals surface area contributed by atoms with Gasteiger partial charge in [0.05, 0.1) is 10.6 Å². The van der Waals surface area contributed by atoms with Gasteiger partial charge in [-0.05, 0) is 37.7 Å². The molecule has 0 bridgehead atoms. The zero-order valence-corrected chi connectivity index (χ0v) is 14.7. The summed E-state index contributed by atoms with van der Waals surface area (Å²) in [4.78, 5) is 22.0. The molecule has 2 aromatic heterocycles. The van der Waals surface area contributed by atoms with Gasteiger partial charge >= 0.3 is 5.97 Å². The third-order valence-corrected chi connectivity index (χ3v) is 5.41. The normalized spacial score (nSPS) is 18.5. The number of carbonyl (C=O) groups is 1. The molecule has 0 atom stereocenters. The number of anilines is 1. The molecule has 1 aliphatic heterocycles. The maximum atomic E-state index is 11.0. The number of carboxylic acids is 1. The Balaban J connectivity index is 1.43. The lowest BCUT2D eigenvalue weighted by atomic mass is 9.95. The van der Waals surface area contributed by atoms with E-state index in [1.165, 1.54) is 30.9 Å². The minimum absolute atomic E-state index is 0.116. The minimum atomic E-state index is -1.01. The Hall–Kier alpha value is -2.08. The molecule has 6 nitrogen and oxygen atoms in total. The lowest BCUT2D eigenvalue weighted by Crippen LogP contribution is -2.34. The maximum Gasteiger partial charge on any atom is 0.337 e. The van der Waals surface area contributed by atoms with Crippen LogP contribution in [-0.4, -0.2) is 38.7 Å². The number of piperidine rings is 1. The second kappa shape index (κ2) is 6.67. The van der Waals surface area contributed by atoms with Gasteiger partial charge in [-0.1, -0.05) is 11.6 Å². The SMILES string of the molecule is O=C(O)c1cnc(N2CCC(c3nccn3CC3CC3)CC2)c(Cl)c1. The van der Waals surface area contributed by atoms with E-state index in [1.54, 1.807) is 0 Å². The van der Waals surface area contributed by atoms with E-state index in [0.717, 1.165) is 38.4 Å². The van der Waals surface area contributed by atoms with E-state index in [0.29, 0.717) is 16.8 Å². The molecule has 7 heteroatoms. The van der Waals surface area contributed by atoms with Crippen molar-refractivity contribution in [2.24, 2.45) is 5.92 Å². The highest BCUT2D eigenvalue weighted by Crippen LogP contribution is 2.35. The molecule has 0 spiro atoms. The topological polar surface area (TPSA) is 71.2 Å². The summed E-state index contributed by atoms with van der Waals surface area (Å²) in [7, 11) is 0. The van der Waals surface area contributed by atoms with Crippen molar-refractivity contribution >= 4 is 23.4 Å². The molecule has 1 aliphatic carbocycles. The molecular formula is C18H21ClN4O2. The molecule has 3 heterocycles. The molecule has 25 heavy (non-hydrogen) atoms. The Labute approximate surface area is 151 Å². The molecule has 0 aromatic carbocycles. The van der Waals surface area contributed by atoms with Crippen LogP contribution in [0.1, 0.15) is 47.8 Å². The summed E-state index contributed by atoms with van der Waals surface area (Å²) in [6.07, 6.45) is 10.1. The van der Waals surface area contributed by atoms with Crippen LogP contribution in [0.3, 0.4) is 0 Å². The highest BCUT2D eigenvalue weighted by molar-refractivity contribution is 6.33. The molecule has 1 saturated carbocycles. The number of hydrogen-bond donors (Lipinski definition) is 1. The van der Waals surface area contributed by atoms with Crippen molar-refractivity contribution in [2.45, 2.75) is 38.1 Å². The molecular weight excluding hydrogens is 340 g/mol. The van der Waals surface area contributed by atoms with Crippen LogP contribution >= 0.6 is 11.6 Å². The predicted octanol–water partition coefficient (Wildman–Crippen LogP) is 3.42. The number of imidazole rings is 1. The predicted molar refractivity (Wildman–Crippen MR) is 95.3 cm³/mol. The van der Waals surface area contributed by atoms with E-state index in [2.05, 4.69) is 25.6 Å². The second-order valence-electron chi connectivity index (χ2n) is 6.98. The Bertz CT molecular complexity index is 779. The van der Waals surface area contributed by atoms with E-state index in [1.807, 2.05) is 6.20 Å². The monoisotopic (exact) mass is 360 g/mol. The molecule has 1 saturated heterocycles. The van der Waals surface area contributed by atoms with Crippen molar-refractivity contribution in [1.29, 1.82) is 0 Å². The quantitative estimate of drug-likeness (QED) is 0.884. The minimum Gasteiger partial charge on any atom is -0.478 e. The number of aromatic carboxylic acids is 1. The summed E-state index contributed by atoms with van der Waals surface area (Å²) < 4.78 is 2.32. The van der Waals surface area contributed by atoms with Crippen LogP contribution in [0.5, 0.6) is 0 Å². The Morgan fingerprint density at radius 2 is 2.00 bits per heavy atom. The Morgan fingerprint density at radius 1 is 1.24 bits per heavy atom. The van der Waals surface area contributed by atoms with Gasteiger partial charge in [0, 0.05) is 44.1 Å². The molecule has 4 rings (SSSR count). The van der Waals surface area contributed by atoms with Crippen LogP contribution in [0.25, 0.3) is 0 Å². The molecule has 2 aliphatic rings. The van der Waals surface area contributed by atoms with Crippen molar-refractivity contribution in [3.63, 3.8) is 0 Å². The van der Waals surface area contributed by atoms with E-state index in [9.17, 15) is 4.79 Å². The molecule has 1 N–H and O–H groups in total. The number of pyridine rings is 1. The molecule has 2 aromatic rings. The molecule has 2 fully saturated rings. The summed E-state index contributed by atoms with van der Waals surface area (Å²) in [5, 5.41) is 9.42. The van der Waals surface area contributed by atoms with Gasteiger partial charge in [-0.2, -0.15) is 0 Å². The number of carboxylic acid groups (broad SMARTS) is 1. The van der Waals surface area contributed by atoms with Crippen molar-refractivity contribution < 1.29 is 9.90 Å². The summed E-state index contributed by atoms with van der Waals surface area (Å²) in [6.45, 7) is 2.79. The number of aromatic nitrogens is 3. The summed E-state index contributed by atoms with van der Waals surface area (Å²) in [5.74, 6) is 2.16. The smallest absolute Gasteiger partial charge is 0.337 e. The third kappa shape index (κ3) is 3.49. The van der Waals surface area contributed by atoms with Gasteiger partial charge in [0.25, 0.3) is 0 Å². The zero-order chi connectivity index (χ0) is 17.4. The standard InChI is InChI=1S/C18H21ClN4O2/c19-15-9-14(18(24)25)10-21-17(15)22-6-3-13(4-7-22)16-20-5-8-23(16)11-12-1-2-12/h5,8-10,12-13H,1-4,6-7,11H2,(H,24,25). The Morgan fingerprint density at radius 3 is 2.64 bits per heavy atom. The average Bonchev–Trinajstić information content (AvgIpc) is 3.30. The van der Waals surface area contributed by atoms with Crippen LogP contribution < -0.4 is 4.90 Å². The third-order valence-electron chi connectivity index (χ3n) is 5.13. The van der Waals surface area contributed by atoms with Gasteiger partial charge in [0.15, 0.2) is 0 Å². The molecule has 0 radical (unpaired) electrons. The van der Waals surface area contributed by atoms with Crippen LogP contribution in [0.4, 0.5) is 5.82 Å². The fraction of sp³-hybridized carbons (Fsp3) is 0.500. The van der Waals surface area contributed by atoms with E-state index in [-0.39, 0.29) is 5.56 Å². The van der Waals surface area contributed by atoms with Gasteiger partial charge in [-0.15, -0.1) is 0 Å². The highest BCUT2D eigenvalue weighted by Gasteiger charge is 2.28. The fourth-order valence-electron chi connectivity index (χ4n) is 3.54. The summed E-state index contributed by atoms with van der Waals surface area (Å²) in [5.41, 5.74) is 0.116. The van der Waals surface area contributed by atoms with Crippen LogP contribution in [0.15, 0.2) is 24.7 Å². The van der Waals surface area contributed by atoms with Crippen molar-refractivity contribution in [3.8, 4) is 0 Å². The van der Waals surface area contributed by atoms with E-state index in [4.69, 9.17) is 16.7 Å². The number of halogens is 1. The van der Waals surface area contributed by atoms with Crippen molar-refractivity contribution in [2.75, 3.05) is 18.0 Å². The summed E-state index contributed by atoms with van der Waals surface area (Å²) >= 11 is 6.25. The zero-order valence-electron chi connectivity index (χ0n) is 13.9. The first-order valence-electron chi connectivity index (χ1n) is 8.76. The molecule has 0 amide bonds. The first-order valence-corrected chi connectivity index (χ1v) is 9.14. The number of rotatable bonds is 5. The van der Waals surface area contributed by atoms with Gasteiger partial charge < -0.3 is 14.6 Å². The number of nitrogens with zero attached hydrogens (tertiary/aromatic N) is 4. The fourth-order valence-corrected chi connectivity index (χ4v) is 3.83. The lowest BCUT2D eigenvalue weighted by molar-refractivity contribution is 0.0696. The van der Waals surface area contributed by atoms with Crippen LogP contribution in [0.2, 0.25) is 5.02 Å². The van der Waals surface area contributed by atoms with E-state index < -0.39 is 5.97 Å². The second-order valence-corrected chi connectivity index (χ2v) is 7.38. The average molecular weight is 361 g/mol. The van der Waals surface area contributed by atoms with Crippen LogP contribution in [-0.2, 0) is 6.54 Å². The molecule has 0 unspecified atom stereocenters. The van der Waals surface area contributed by atoms with E-state index >= 15 is 0 Å².